The van der Waals surface area contributed by atoms with Crippen LogP contribution < -0.4 is 5.73 Å². The van der Waals surface area contributed by atoms with Gasteiger partial charge in [0.2, 0.25) is 0 Å². The average Bonchev–Trinajstić information content (AvgIpc) is 3.54. The summed E-state index contributed by atoms with van der Waals surface area (Å²) in [6, 6.07) is 9.85. The summed E-state index contributed by atoms with van der Waals surface area (Å²) in [5, 5.41) is 11.4. The minimum atomic E-state index is -0.849. The van der Waals surface area contributed by atoms with E-state index in [9.17, 15) is 0 Å². The fourth-order valence-electron chi connectivity index (χ4n) is 4.85. The molecule has 7 rings (SSSR count). The Hall–Kier alpha value is -2.11. The number of hydrogen-bond donors (Lipinski definition) is 1. The highest BCUT2D eigenvalue weighted by Gasteiger charge is 2.24. The fraction of sp³-hybridized carbons (Fsp3) is 0.286. The van der Waals surface area contributed by atoms with Crippen molar-refractivity contribution in [3.05, 3.63) is 98.7 Å². The molecule has 0 saturated carbocycles. The first-order valence-electron chi connectivity index (χ1n) is 16.5. The van der Waals surface area contributed by atoms with Crippen LogP contribution in [-0.2, 0) is 20.8 Å². The molecule has 2 N–H and O–H groups in total. The summed E-state index contributed by atoms with van der Waals surface area (Å²) in [4.78, 5) is 20.6. The molecule has 0 spiro atoms. The second-order valence-corrected chi connectivity index (χ2v) is 15.1. The average molecular weight is 980 g/mol. The molecule has 4 heterocycles. The Kier molecular flexibility index (Phi) is 17.9. The van der Waals surface area contributed by atoms with E-state index in [1.165, 1.54) is 0 Å². The molecule has 0 aliphatic rings. The number of aromatic nitrogens is 8. The highest BCUT2D eigenvalue weighted by atomic mass is 35.5. The highest BCUT2D eigenvalue weighted by molar-refractivity contribution is 6.44. The van der Waals surface area contributed by atoms with Crippen LogP contribution in [0, 0.1) is 6.92 Å². The molecule has 0 unspecified atom stereocenters. The van der Waals surface area contributed by atoms with Gasteiger partial charge < -0.3 is 19.9 Å². The summed E-state index contributed by atoms with van der Waals surface area (Å²) in [6.45, 7) is 11.4. The van der Waals surface area contributed by atoms with Gasteiger partial charge in [0, 0.05) is 33.3 Å². The topological polar surface area (TPSA) is 148 Å². The van der Waals surface area contributed by atoms with Gasteiger partial charge in [0.05, 0.1) is 68.9 Å². The van der Waals surface area contributed by atoms with Crippen molar-refractivity contribution in [2.45, 2.75) is 47.1 Å². The second kappa shape index (κ2) is 21.4. The molecule has 57 heavy (non-hydrogen) atoms. The van der Waals surface area contributed by atoms with Crippen LogP contribution in [0.5, 0.6) is 0 Å². The van der Waals surface area contributed by atoms with Crippen LogP contribution in [0.25, 0.3) is 38.7 Å². The minimum absolute atomic E-state index is 0.151. The van der Waals surface area contributed by atoms with Crippen molar-refractivity contribution in [1.29, 1.82) is 0 Å². The zero-order chi connectivity index (χ0) is 42.2. The van der Waals surface area contributed by atoms with Crippen molar-refractivity contribution in [2.75, 3.05) is 19.8 Å². The molecule has 22 heteroatoms. The van der Waals surface area contributed by atoms with E-state index >= 15 is 0 Å². The van der Waals surface area contributed by atoms with Crippen LogP contribution in [0.15, 0.2) is 36.4 Å². The zero-order valence-electron chi connectivity index (χ0n) is 30.5. The second-order valence-electron chi connectivity index (χ2n) is 11.2. The lowest BCUT2D eigenvalue weighted by Crippen LogP contribution is -2.35. The number of hydrogen-bond acceptors (Lipinski definition) is 11. The standard InChI is InChI=1S/C10H5Cl3N4.C9H6Cl3N3.C8H2Cl4N2.C8H18O3/c1-4-15-16-10-9(13)14-7-2-5(11)6(12)3-8(7)17(4)10;10-4-1-6-7(2-5(4)11)15-9(12)8(3-13)14-6;9-3-1-5-6(2-4(3)10)14-8(12)7(11)13-5;1-5-9-8(4,10-6-2)11-7-3/h2-3H,1H3;1-2H,3,13H2;1-2H;5-7H2,1-4H3. The summed E-state index contributed by atoms with van der Waals surface area (Å²) in [5.41, 5.74) is 10.3. The lowest BCUT2D eigenvalue weighted by Gasteiger charge is -2.27. The molecule has 4 aromatic heterocycles. The van der Waals surface area contributed by atoms with Crippen LogP contribution in [0.4, 0.5) is 0 Å². The molecule has 0 radical (unpaired) electrons. The lowest BCUT2D eigenvalue weighted by molar-refractivity contribution is -0.365. The summed E-state index contributed by atoms with van der Waals surface area (Å²) in [5.74, 6) is -0.134. The van der Waals surface area contributed by atoms with Gasteiger partial charge in [-0.15, -0.1) is 10.2 Å². The maximum atomic E-state index is 6.03. The largest absolute Gasteiger partial charge is 0.328 e. The Morgan fingerprint density at radius 3 is 1.32 bits per heavy atom. The first-order valence-corrected chi connectivity index (χ1v) is 20.3. The third-order valence-corrected chi connectivity index (χ3v) is 10.6. The van der Waals surface area contributed by atoms with Crippen molar-refractivity contribution in [3.63, 3.8) is 0 Å². The molecule has 304 valence electrons. The van der Waals surface area contributed by atoms with E-state index in [1.54, 1.807) is 47.7 Å². The van der Waals surface area contributed by atoms with Crippen molar-refractivity contribution in [3.8, 4) is 0 Å². The number of fused-ring (bicyclic) bond motifs is 5. The van der Waals surface area contributed by atoms with Gasteiger partial charge in [-0.25, -0.2) is 24.9 Å². The van der Waals surface area contributed by atoms with E-state index in [-0.39, 0.29) is 22.0 Å². The summed E-state index contributed by atoms with van der Waals surface area (Å²) in [7, 11) is 0. The smallest absolute Gasteiger partial charge is 0.279 e. The fourth-order valence-corrected chi connectivity index (χ4v) is 6.49. The van der Waals surface area contributed by atoms with Crippen LogP contribution in [-0.4, -0.2) is 65.3 Å². The van der Waals surface area contributed by atoms with Gasteiger partial charge in [-0.05, 0) is 64.1 Å². The summed E-state index contributed by atoms with van der Waals surface area (Å²) >= 11 is 58.6. The van der Waals surface area contributed by atoms with Crippen molar-refractivity contribution in [2.24, 2.45) is 5.73 Å². The van der Waals surface area contributed by atoms with Crippen LogP contribution >= 0.6 is 116 Å². The van der Waals surface area contributed by atoms with Gasteiger partial charge in [0.25, 0.3) is 5.97 Å². The normalized spacial score (nSPS) is 11.3. The van der Waals surface area contributed by atoms with Gasteiger partial charge in [-0.1, -0.05) is 116 Å². The molecule has 0 saturated heterocycles. The van der Waals surface area contributed by atoms with Gasteiger partial charge in [-0.2, -0.15) is 0 Å². The Labute approximate surface area is 377 Å². The first kappa shape index (κ1) is 47.6. The third kappa shape index (κ3) is 12.2. The van der Waals surface area contributed by atoms with Crippen molar-refractivity contribution in [1.82, 2.24) is 39.5 Å². The third-order valence-electron chi connectivity index (χ3n) is 7.25. The molecule has 0 aliphatic carbocycles. The maximum Gasteiger partial charge on any atom is 0.279 e. The van der Waals surface area contributed by atoms with E-state index in [0.717, 1.165) is 5.52 Å². The monoisotopic (exact) mass is 975 g/mol. The SMILES string of the molecule is CCOC(C)(OCC)OCC.Cc1nnc2c(Cl)nc3cc(Cl)c(Cl)cc3n12.Clc1cc2nc(Cl)c(Cl)nc2cc1Cl.NCc1nc2cc(Cl)c(Cl)cc2nc1Cl. The number of ether oxygens (including phenoxy) is 3. The van der Waals surface area contributed by atoms with Gasteiger partial charge in [-0.3, -0.25) is 4.40 Å². The van der Waals surface area contributed by atoms with Gasteiger partial charge >= 0.3 is 0 Å². The first-order chi connectivity index (χ1) is 26.9. The number of nitrogens with two attached hydrogens (primary N) is 1. The molecule has 3 aromatic carbocycles. The Morgan fingerprint density at radius 1 is 0.526 bits per heavy atom. The summed E-state index contributed by atoms with van der Waals surface area (Å²) in [6.07, 6.45) is 0. The predicted octanol–water partition coefficient (Wildman–Crippen LogP) is 12.6. The highest BCUT2D eigenvalue weighted by Crippen LogP contribution is 2.31. The molecule has 12 nitrogen and oxygen atoms in total. The number of nitrogens with zero attached hydrogens (tertiary/aromatic N) is 8. The molecular weight excluding hydrogens is 949 g/mol. The minimum Gasteiger partial charge on any atom is -0.328 e. The van der Waals surface area contributed by atoms with Crippen LogP contribution in [0.3, 0.4) is 0 Å². The van der Waals surface area contributed by atoms with E-state index < -0.39 is 5.97 Å². The van der Waals surface area contributed by atoms with E-state index in [1.807, 2.05) is 27.7 Å². The van der Waals surface area contributed by atoms with E-state index in [2.05, 4.69) is 35.1 Å². The molecule has 0 amide bonds. The Morgan fingerprint density at radius 2 is 0.895 bits per heavy atom. The molecule has 0 aliphatic heterocycles. The number of aryl methyl sites for hydroxylation is 1. The van der Waals surface area contributed by atoms with Gasteiger partial charge in [0.15, 0.2) is 26.3 Å². The molecule has 7 aromatic rings. The van der Waals surface area contributed by atoms with Crippen molar-refractivity contribution >= 4 is 155 Å². The number of halogens is 10. The lowest BCUT2D eigenvalue weighted by atomic mass is 10.3. The van der Waals surface area contributed by atoms with E-state index in [0.29, 0.717) is 99.9 Å². The Balaban J connectivity index is 0.000000171. The maximum absolute atomic E-state index is 6.03. The zero-order valence-corrected chi connectivity index (χ0v) is 38.0. The van der Waals surface area contributed by atoms with E-state index in [4.69, 9.17) is 136 Å². The van der Waals surface area contributed by atoms with Gasteiger partial charge in [0.1, 0.15) is 5.82 Å². The molecule has 0 atom stereocenters. The number of rotatable bonds is 7. The van der Waals surface area contributed by atoms with Crippen LogP contribution in [0.2, 0.25) is 50.7 Å². The molecule has 0 bridgehead atoms. The quantitative estimate of drug-likeness (QED) is 0.152. The molecule has 0 fully saturated rings. The molecular formula is C35H31Cl10N9O3. The Bertz CT molecular complexity index is 2420. The summed E-state index contributed by atoms with van der Waals surface area (Å²) < 4.78 is 17.6. The number of benzene rings is 3. The predicted molar refractivity (Wildman–Crippen MR) is 233 cm³/mol. The van der Waals surface area contributed by atoms with Crippen LogP contribution in [0.1, 0.15) is 39.2 Å². The van der Waals surface area contributed by atoms with Crippen molar-refractivity contribution < 1.29 is 14.2 Å².